The molecule has 0 spiro atoms. The number of rotatable bonds is 11. The van der Waals surface area contributed by atoms with Crippen LogP contribution in [-0.2, 0) is 9.53 Å². The highest BCUT2D eigenvalue weighted by atomic mass is 16.5. The van der Waals surface area contributed by atoms with Gasteiger partial charge in [0.1, 0.15) is 0 Å². The summed E-state index contributed by atoms with van der Waals surface area (Å²) in [4.78, 5) is 10.5. The molecular weight excluding hydrogens is 304 g/mol. The standard InChI is InChI=1S/C20H34O4/c1-2-3-4-6-17(21)11-10-15-8-9-16-13-18(14-19(15)16)24-12-5-7-20(22)23/h10-11,15-19,21H,2-9,12-14H2,1H3,(H,22,23)/t15-,16+,17?,18?,19-/m0/s1. The van der Waals surface area contributed by atoms with Crippen LogP contribution in [-0.4, -0.2) is 35.0 Å². The first-order valence-electron chi connectivity index (χ1n) is 9.80. The van der Waals surface area contributed by atoms with Gasteiger partial charge in [-0.1, -0.05) is 38.3 Å². The molecule has 0 aromatic carbocycles. The zero-order chi connectivity index (χ0) is 17.4. The predicted molar refractivity (Wildman–Crippen MR) is 94.8 cm³/mol. The van der Waals surface area contributed by atoms with Crippen LogP contribution >= 0.6 is 0 Å². The van der Waals surface area contributed by atoms with Gasteiger partial charge in [0.25, 0.3) is 0 Å². The Labute approximate surface area is 146 Å². The Bertz CT molecular complexity index is 406. The van der Waals surface area contributed by atoms with Crippen molar-refractivity contribution in [2.45, 2.75) is 83.3 Å². The third-order valence-electron chi connectivity index (χ3n) is 5.70. The van der Waals surface area contributed by atoms with Crippen LogP contribution in [0, 0.1) is 17.8 Å². The van der Waals surface area contributed by atoms with Gasteiger partial charge in [0.05, 0.1) is 12.2 Å². The van der Waals surface area contributed by atoms with E-state index in [1.807, 2.05) is 6.08 Å². The molecule has 2 N–H and O–H groups in total. The van der Waals surface area contributed by atoms with Crippen molar-refractivity contribution in [1.29, 1.82) is 0 Å². The second kappa shape index (κ2) is 10.2. The molecule has 0 aromatic rings. The number of carboxylic acid groups (broad SMARTS) is 1. The lowest BCUT2D eigenvalue weighted by molar-refractivity contribution is -0.137. The van der Waals surface area contributed by atoms with E-state index in [0.29, 0.717) is 31.0 Å². The van der Waals surface area contributed by atoms with E-state index in [1.165, 1.54) is 25.7 Å². The Balaban J connectivity index is 1.69. The molecule has 5 atom stereocenters. The summed E-state index contributed by atoms with van der Waals surface area (Å²) in [7, 11) is 0. The maximum atomic E-state index is 10.5. The molecular formula is C20H34O4. The summed E-state index contributed by atoms with van der Waals surface area (Å²) in [6.45, 7) is 2.74. The topological polar surface area (TPSA) is 66.8 Å². The molecule has 2 fully saturated rings. The van der Waals surface area contributed by atoms with Crippen LogP contribution in [0.25, 0.3) is 0 Å². The van der Waals surface area contributed by atoms with Crippen molar-refractivity contribution in [3.05, 3.63) is 12.2 Å². The smallest absolute Gasteiger partial charge is 0.303 e. The summed E-state index contributed by atoms with van der Waals surface area (Å²) in [5.74, 6) is 1.28. The Morgan fingerprint density at radius 3 is 2.83 bits per heavy atom. The van der Waals surface area contributed by atoms with Crippen LogP contribution in [0.3, 0.4) is 0 Å². The molecule has 138 valence electrons. The molecule has 0 heterocycles. The average Bonchev–Trinajstić information content (AvgIpc) is 3.10. The van der Waals surface area contributed by atoms with Gasteiger partial charge in [-0.15, -0.1) is 0 Å². The lowest BCUT2D eigenvalue weighted by atomic mass is 9.91. The fraction of sp³-hybridized carbons (Fsp3) is 0.850. The third kappa shape index (κ3) is 6.21. The van der Waals surface area contributed by atoms with E-state index < -0.39 is 5.97 Å². The van der Waals surface area contributed by atoms with E-state index in [-0.39, 0.29) is 12.5 Å². The molecule has 0 aromatic heterocycles. The van der Waals surface area contributed by atoms with E-state index in [1.54, 1.807) is 0 Å². The second-order valence-electron chi connectivity index (χ2n) is 7.57. The summed E-state index contributed by atoms with van der Waals surface area (Å²) in [5.41, 5.74) is 0. The molecule has 0 radical (unpaired) electrons. The van der Waals surface area contributed by atoms with Gasteiger partial charge in [0.15, 0.2) is 0 Å². The number of carboxylic acids is 1. The van der Waals surface area contributed by atoms with Gasteiger partial charge in [0.2, 0.25) is 0 Å². The van der Waals surface area contributed by atoms with Crippen molar-refractivity contribution in [3.63, 3.8) is 0 Å². The van der Waals surface area contributed by atoms with Crippen LogP contribution in [0.5, 0.6) is 0 Å². The molecule has 2 unspecified atom stereocenters. The van der Waals surface area contributed by atoms with Crippen LogP contribution in [0.15, 0.2) is 12.2 Å². The van der Waals surface area contributed by atoms with Crippen molar-refractivity contribution in [2.24, 2.45) is 17.8 Å². The van der Waals surface area contributed by atoms with Gasteiger partial charge in [-0.05, 0) is 56.3 Å². The first kappa shape index (κ1) is 19.5. The number of hydrogen-bond acceptors (Lipinski definition) is 3. The van der Waals surface area contributed by atoms with Crippen LogP contribution in [0.1, 0.15) is 71.1 Å². The van der Waals surface area contributed by atoms with Gasteiger partial charge < -0.3 is 14.9 Å². The molecule has 0 bridgehead atoms. The summed E-state index contributed by atoms with van der Waals surface area (Å²) in [6, 6.07) is 0. The normalized spacial score (nSPS) is 30.8. The first-order valence-corrected chi connectivity index (χ1v) is 9.80. The van der Waals surface area contributed by atoms with E-state index in [2.05, 4.69) is 13.0 Å². The minimum atomic E-state index is -0.746. The van der Waals surface area contributed by atoms with Crippen molar-refractivity contribution in [2.75, 3.05) is 6.61 Å². The van der Waals surface area contributed by atoms with Gasteiger partial charge in [-0.25, -0.2) is 0 Å². The molecule has 0 aliphatic heterocycles. The molecule has 4 heteroatoms. The summed E-state index contributed by atoms with van der Waals surface area (Å²) >= 11 is 0. The molecule has 4 nitrogen and oxygen atoms in total. The maximum Gasteiger partial charge on any atom is 0.303 e. The number of hydrogen-bond donors (Lipinski definition) is 2. The highest BCUT2D eigenvalue weighted by molar-refractivity contribution is 5.66. The largest absolute Gasteiger partial charge is 0.481 e. The maximum absolute atomic E-state index is 10.5. The molecule has 2 aliphatic carbocycles. The number of carbonyl (C=O) groups is 1. The number of aliphatic hydroxyl groups is 1. The van der Waals surface area contributed by atoms with E-state index in [9.17, 15) is 9.90 Å². The quantitative estimate of drug-likeness (QED) is 0.438. The van der Waals surface area contributed by atoms with Crippen molar-refractivity contribution in [1.82, 2.24) is 0 Å². The first-order chi connectivity index (χ1) is 11.6. The van der Waals surface area contributed by atoms with Gasteiger partial charge in [0, 0.05) is 13.0 Å². The minimum absolute atomic E-state index is 0.195. The number of allylic oxidation sites excluding steroid dienone is 1. The van der Waals surface area contributed by atoms with Crippen molar-refractivity contribution in [3.8, 4) is 0 Å². The fourth-order valence-electron chi connectivity index (χ4n) is 4.40. The Morgan fingerprint density at radius 2 is 2.08 bits per heavy atom. The summed E-state index contributed by atoms with van der Waals surface area (Å²) < 4.78 is 5.89. The number of unbranched alkanes of at least 4 members (excludes halogenated alkanes) is 2. The molecule has 2 aliphatic rings. The van der Waals surface area contributed by atoms with Crippen LogP contribution in [0.4, 0.5) is 0 Å². The monoisotopic (exact) mass is 338 g/mol. The molecule has 2 rings (SSSR count). The molecule has 24 heavy (non-hydrogen) atoms. The fourth-order valence-corrected chi connectivity index (χ4v) is 4.40. The SMILES string of the molecule is CCCCCC(O)C=C[C@@H]1CC[C@@H]2CC(OCCCC(=O)O)C[C@H]21. The zero-order valence-electron chi connectivity index (χ0n) is 15.0. The molecule has 0 amide bonds. The average molecular weight is 338 g/mol. The van der Waals surface area contributed by atoms with E-state index in [4.69, 9.17) is 9.84 Å². The van der Waals surface area contributed by atoms with Gasteiger partial charge in [-0.2, -0.15) is 0 Å². The van der Waals surface area contributed by atoms with Crippen molar-refractivity contribution < 1.29 is 19.7 Å². The van der Waals surface area contributed by atoms with Crippen LogP contribution in [0.2, 0.25) is 0 Å². The Kier molecular flexibility index (Phi) is 8.26. The van der Waals surface area contributed by atoms with Crippen LogP contribution < -0.4 is 0 Å². The summed E-state index contributed by atoms with van der Waals surface area (Å²) in [6.07, 6.45) is 14.2. The second-order valence-corrected chi connectivity index (χ2v) is 7.57. The summed E-state index contributed by atoms with van der Waals surface area (Å²) in [5, 5.41) is 18.7. The lowest BCUT2D eigenvalue weighted by Gasteiger charge is -2.16. The Morgan fingerprint density at radius 1 is 1.25 bits per heavy atom. The number of fused-ring (bicyclic) bond motifs is 1. The van der Waals surface area contributed by atoms with Gasteiger partial charge in [-0.3, -0.25) is 4.79 Å². The van der Waals surface area contributed by atoms with E-state index in [0.717, 1.165) is 31.6 Å². The number of aliphatic carboxylic acids is 1. The lowest BCUT2D eigenvalue weighted by Crippen LogP contribution is -2.13. The predicted octanol–water partition coefficient (Wildman–Crippen LogP) is 4.17. The highest BCUT2D eigenvalue weighted by Gasteiger charge is 2.42. The molecule has 2 saturated carbocycles. The minimum Gasteiger partial charge on any atom is -0.481 e. The highest BCUT2D eigenvalue weighted by Crippen LogP contribution is 2.49. The zero-order valence-corrected chi connectivity index (χ0v) is 15.0. The number of aliphatic hydroxyl groups excluding tert-OH is 1. The van der Waals surface area contributed by atoms with Crippen molar-refractivity contribution >= 4 is 5.97 Å². The van der Waals surface area contributed by atoms with E-state index >= 15 is 0 Å². The number of ether oxygens (including phenoxy) is 1. The molecule has 0 saturated heterocycles. The Hall–Kier alpha value is -0.870. The third-order valence-corrected chi connectivity index (χ3v) is 5.70. The van der Waals surface area contributed by atoms with Gasteiger partial charge >= 0.3 is 5.97 Å².